The summed E-state index contributed by atoms with van der Waals surface area (Å²) in [6, 6.07) is 24.8. The van der Waals surface area contributed by atoms with E-state index in [0.717, 1.165) is 23.3 Å². The summed E-state index contributed by atoms with van der Waals surface area (Å²) in [4.78, 5) is 0. The van der Waals surface area contributed by atoms with Gasteiger partial charge in [0.05, 0.1) is 24.5 Å². The normalized spacial score (nSPS) is 19.7. The molecule has 1 aliphatic rings. The van der Waals surface area contributed by atoms with Crippen molar-refractivity contribution in [3.05, 3.63) is 107 Å². The molecule has 1 aliphatic heterocycles. The van der Waals surface area contributed by atoms with Crippen molar-refractivity contribution in [2.75, 3.05) is 19.3 Å². The van der Waals surface area contributed by atoms with Crippen LogP contribution >= 0.6 is 0 Å². The van der Waals surface area contributed by atoms with Crippen LogP contribution in [-0.2, 0) is 27.5 Å². The third-order valence-electron chi connectivity index (χ3n) is 6.51. The zero-order chi connectivity index (χ0) is 25.1. The second kappa shape index (κ2) is 10.5. The van der Waals surface area contributed by atoms with E-state index in [0.29, 0.717) is 25.1 Å². The van der Waals surface area contributed by atoms with E-state index < -0.39 is 21.8 Å². The molecule has 1 fully saturated rings. The molecule has 186 valence electrons. The Morgan fingerprint density at radius 1 is 0.914 bits per heavy atom. The molecule has 8 heteroatoms. The van der Waals surface area contributed by atoms with E-state index in [1.54, 1.807) is 0 Å². The van der Waals surface area contributed by atoms with Crippen molar-refractivity contribution in [1.29, 1.82) is 0 Å². The van der Waals surface area contributed by atoms with Crippen LogP contribution in [0.25, 0.3) is 0 Å². The molecule has 2 atom stereocenters. The number of benzene rings is 3. The number of piperidine rings is 1. The molecule has 35 heavy (non-hydrogen) atoms. The van der Waals surface area contributed by atoms with Crippen LogP contribution in [0.15, 0.2) is 84.9 Å². The lowest BCUT2D eigenvalue weighted by Gasteiger charge is -2.41. The number of ether oxygens (including phenoxy) is 1. The monoisotopic (exact) mass is 503 g/mol. The van der Waals surface area contributed by atoms with Crippen LogP contribution < -0.4 is 0 Å². The molecule has 0 aromatic heterocycles. The van der Waals surface area contributed by atoms with Crippen LogP contribution in [0.4, 0.5) is 13.2 Å². The van der Waals surface area contributed by atoms with Crippen molar-refractivity contribution in [2.45, 2.75) is 31.2 Å². The van der Waals surface area contributed by atoms with Gasteiger partial charge < -0.3 is 4.74 Å². The van der Waals surface area contributed by atoms with Gasteiger partial charge in [-0.25, -0.2) is 12.7 Å². The van der Waals surface area contributed by atoms with Crippen LogP contribution in [0.5, 0.6) is 0 Å². The highest BCUT2D eigenvalue weighted by Gasteiger charge is 2.39. The first-order valence-corrected chi connectivity index (χ1v) is 13.3. The topological polar surface area (TPSA) is 46.6 Å². The summed E-state index contributed by atoms with van der Waals surface area (Å²) in [6.45, 7) is 0.781. The Balaban J connectivity index is 1.63. The zero-order valence-electron chi connectivity index (χ0n) is 19.4. The summed E-state index contributed by atoms with van der Waals surface area (Å²) in [5.41, 5.74) is 2.05. The highest BCUT2D eigenvalue weighted by atomic mass is 32.2. The van der Waals surface area contributed by atoms with Gasteiger partial charge in [0.2, 0.25) is 10.0 Å². The average molecular weight is 504 g/mol. The van der Waals surface area contributed by atoms with Crippen molar-refractivity contribution in [3.63, 3.8) is 0 Å². The van der Waals surface area contributed by atoms with Gasteiger partial charge in [-0.15, -0.1) is 0 Å². The Morgan fingerprint density at radius 3 is 1.94 bits per heavy atom. The van der Waals surface area contributed by atoms with Crippen LogP contribution in [0.1, 0.15) is 34.6 Å². The average Bonchev–Trinajstić information content (AvgIpc) is 2.84. The Bertz CT molecular complexity index is 1160. The van der Waals surface area contributed by atoms with Gasteiger partial charge in [0.1, 0.15) is 0 Å². The summed E-state index contributed by atoms with van der Waals surface area (Å²) in [7, 11) is -3.39. The highest BCUT2D eigenvalue weighted by Crippen LogP contribution is 2.39. The first-order valence-electron chi connectivity index (χ1n) is 11.5. The van der Waals surface area contributed by atoms with E-state index >= 15 is 0 Å². The number of halogens is 3. The predicted molar refractivity (Wildman–Crippen MR) is 129 cm³/mol. The molecule has 0 aliphatic carbocycles. The van der Waals surface area contributed by atoms with Gasteiger partial charge >= 0.3 is 6.18 Å². The Labute approximate surface area is 204 Å². The number of hydrogen-bond donors (Lipinski definition) is 0. The predicted octanol–water partition coefficient (Wildman–Crippen LogP) is 5.70. The summed E-state index contributed by atoms with van der Waals surface area (Å²) in [5.74, 6) is -0.294. The largest absolute Gasteiger partial charge is 0.416 e. The minimum Gasteiger partial charge on any atom is -0.373 e. The number of nitrogens with zero attached hydrogens (tertiary/aromatic N) is 1. The van der Waals surface area contributed by atoms with Crippen molar-refractivity contribution < 1.29 is 26.3 Å². The second-order valence-corrected chi connectivity index (χ2v) is 10.9. The van der Waals surface area contributed by atoms with E-state index in [1.165, 1.54) is 22.7 Å². The minimum atomic E-state index is -4.39. The Morgan fingerprint density at radius 2 is 1.46 bits per heavy atom. The quantitative estimate of drug-likeness (QED) is 0.415. The fourth-order valence-corrected chi connectivity index (χ4v) is 5.64. The van der Waals surface area contributed by atoms with Gasteiger partial charge in [-0.2, -0.15) is 13.2 Å². The Kier molecular flexibility index (Phi) is 7.64. The molecule has 3 aromatic rings. The molecule has 4 rings (SSSR count). The van der Waals surface area contributed by atoms with Gasteiger partial charge in [0.15, 0.2) is 0 Å². The van der Waals surface area contributed by atoms with Crippen LogP contribution in [-0.4, -0.2) is 38.2 Å². The van der Waals surface area contributed by atoms with Crippen molar-refractivity contribution >= 4 is 10.0 Å². The Hall–Kier alpha value is -2.68. The van der Waals surface area contributed by atoms with E-state index in [9.17, 15) is 21.6 Å². The third kappa shape index (κ3) is 6.31. The maximum Gasteiger partial charge on any atom is 0.416 e. The lowest BCUT2D eigenvalue weighted by atomic mass is 9.76. The molecule has 1 saturated heterocycles. The smallest absolute Gasteiger partial charge is 0.373 e. The molecule has 4 nitrogen and oxygen atoms in total. The summed E-state index contributed by atoms with van der Waals surface area (Å²) in [5, 5.41) is 0. The second-order valence-electron chi connectivity index (χ2n) is 8.92. The summed E-state index contributed by atoms with van der Waals surface area (Å²) in [6.07, 6.45) is -2.95. The number of alkyl halides is 3. The van der Waals surface area contributed by atoms with Gasteiger partial charge in [-0.3, -0.25) is 0 Å². The van der Waals surface area contributed by atoms with Gasteiger partial charge in [0.25, 0.3) is 0 Å². The molecular formula is C27H28F3NO3S. The molecule has 0 amide bonds. The molecule has 0 spiro atoms. The molecule has 0 unspecified atom stereocenters. The van der Waals surface area contributed by atoms with Gasteiger partial charge in [0, 0.05) is 24.9 Å². The van der Waals surface area contributed by atoms with Crippen LogP contribution in [0, 0.1) is 5.92 Å². The molecule has 0 radical (unpaired) electrons. The molecule has 1 heterocycles. The maximum atomic E-state index is 12.9. The van der Waals surface area contributed by atoms with E-state index in [-0.39, 0.29) is 24.5 Å². The molecular weight excluding hydrogens is 475 g/mol. The minimum absolute atomic E-state index is 0.112. The molecule has 3 aromatic carbocycles. The van der Waals surface area contributed by atoms with Gasteiger partial charge in [-0.05, 0) is 35.2 Å². The zero-order valence-corrected chi connectivity index (χ0v) is 20.2. The van der Waals surface area contributed by atoms with E-state index in [1.807, 2.05) is 60.7 Å². The van der Waals surface area contributed by atoms with E-state index in [2.05, 4.69) is 0 Å². The lowest BCUT2D eigenvalue weighted by Crippen LogP contribution is -2.48. The van der Waals surface area contributed by atoms with E-state index in [4.69, 9.17) is 4.74 Å². The highest BCUT2D eigenvalue weighted by molar-refractivity contribution is 7.88. The third-order valence-corrected chi connectivity index (χ3v) is 7.78. The summed E-state index contributed by atoms with van der Waals surface area (Å²) >= 11 is 0. The summed E-state index contributed by atoms with van der Waals surface area (Å²) < 4.78 is 71.3. The fourth-order valence-electron chi connectivity index (χ4n) is 4.76. The van der Waals surface area contributed by atoms with Crippen LogP contribution in [0.3, 0.4) is 0 Å². The molecule has 0 saturated carbocycles. The fraction of sp³-hybridized carbons (Fsp3) is 0.333. The maximum absolute atomic E-state index is 12.9. The lowest BCUT2D eigenvalue weighted by molar-refractivity contribution is -0.137. The van der Waals surface area contributed by atoms with Crippen LogP contribution in [0.2, 0.25) is 0 Å². The number of sulfonamides is 1. The van der Waals surface area contributed by atoms with Crippen molar-refractivity contribution in [3.8, 4) is 0 Å². The molecule has 0 bridgehead atoms. The number of rotatable bonds is 7. The molecule has 0 N–H and O–H groups in total. The van der Waals surface area contributed by atoms with Gasteiger partial charge in [-0.1, -0.05) is 72.8 Å². The van der Waals surface area contributed by atoms with Crippen molar-refractivity contribution in [1.82, 2.24) is 4.31 Å². The van der Waals surface area contributed by atoms with Crippen molar-refractivity contribution in [2.24, 2.45) is 5.92 Å². The first kappa shape index (κ1) is 25.4. The first-order chi connectivity index (χ1) is 16.6. The number of hydrogen-bond acceptors (Lipinski definition) is 3. The standard InChI is InChI=1S/C27H28F3NO3S/c1-35(32,33)31-17-16-25(34-19-20-12-14-23(15-13-20)27(28,29)30)24(18-31)26(21-8-4-2-5-9-21)22-10-6-3-7-11-22/h2-15,24-26H,16-19H2,1H3/t24-,25+/m0/s1. The SMILES string of the molecule is CS(=O)(=O)N1CC[C@@H](OCc2ccc(C(F)(F)F)cc2)[C@@H](C(c2ccccc2)c2ccccc2)C1.